The van der Waals surface area contributed by atoms with E-state index < -0.39 is 0 Å². The maximum Gasteiger partial charge on any atom is 0.123 e. The summed E-state index contributed by atoms with van der Waals surface area (Å²) in [6.45, 7) is 3.99. The molecule has 0 radical (unpaired) electrons. The Balaban J connectivity index is 2.28. The molecule has 0 amide bonds. The van der Waals surface area contributed by atoms with Crippen LogP contribution in [0.15, 0.2) is 61.2 Å². The van der Waals surface area contributed by atoms with Crippen molar-refractivity contribution in [2.75, 3.05) is 14.2 Å². The van der Waals surface area contributed by atoms with Gasteiger partial charge in [0.25, 0.3) is 0 Å². The van der Waals surface area contributed by atoms with Gasteiger partial charge in [0.15, 0.2) is 0 Å². The van der Waals surface area contributed by atoms with Crippen LogP contribution in [0.25, 0.3) is 28.0 Å². The molecule has 0 saturated heterocycles. The number of hydrogen-bond acceptors (Lipinski definition) is 2. The molecule has 0 fully saturated rings. The van der Waals surface area contributed by atoms with E-state index in [0.717, 1.165) is 28.2 Å². The van der Waals surface area contributed by atoms with Crippen LogP contribution in [0.1, 0.15) is 5.56 Å². The lowest BCUT2D eigenvalue weighted by molar-refractivity contribution is 0.394. The van der Waals surface area contributed by atoms with E-state index in [1.165, 1.54) is 10.8 Å². The lowest BCUT2D eigenvalue weighted by Gasteiger charge is -2.13. The van der Waals surface area contributed by atoms with Crippen molar-refractivity contribution in [1.29, 1.82) is 0 Å². The molecule has 0 unspecified atom stereocenters. The topological polar surface area (TPSA) is 18.5 Å². The number of rotatable bonds is 4. The highest BCUT2D eigenvalue weighted by Crippen LogP contribution is 2.35. The Bertz CT molecular complexity index is 812. The first-order chi connectivity index (χ1) is 10.8. The van der Waals surface area contributed by atoms with Crippen LogP contribution < -0.4 is 9.47 Å². The van der Waals surface area contributed by atoms with Crippen LogP contribution in [0.5, 0.6) is 11.5 Å². The summed E-state index contributed by atoms with van der Waals surface area (Å²) in [7, 11) is 3.32. The highest BCUT2D eigenvalue weighted by molar-refractivity contribution is 5.97. The molecule has 3 rings (SSSR count). The molecule has 0 aromatic heterocycles. The second kappa shape index (κ2) is 5.94. The van der Waals surface area contributed by atoms with Crippen molar-refractivity contribution in [3.8, 4) is 22.6 Å². The molecule has 3 aromatic rings. The summed E-state index contributed by atoms with van der Waals surface area (Å²) in [5.74, 6) is 1.55. The first kappa shape index (κ1) is 14.2. The van der Waals surface area contributed by atoms with Gasteiger partial charge in [0, 0.05) is 6.07 Å². The lowest BCUT2D eigenvalue weighted by Crippen LogP contribution is -1.91. The van der Waals surface area contributed by atoms with Gasteiger partial charge in [0.1, 0.15) is 11.5 Å². The van der Waals surface area contributed by atoms with Crippen LogP contribution in [0.3, 0.4) is 0 Å². The fraction of sp³-hybridized carbons (Fsp3) is 0.100. The van der Waals surface area contributed by atoms with Gasteiger partial charge in [-0.3, -0.25) is 0 Å². The predicted octanol–water partition coefficient (Wildman–Crippen LogP) is 5.17. The normalized spacial score (nSPS) is 10.5. The van der Waals surface area contributed by atoms with Crippen LogP contribution in [0.4, 0.5) is 0 Å². The standard InChI is InChI=1S/C20H18O2/c1-4-18-19-8-6-5-7-14(19)9-10-20(18)15-11-16(21-2)13-17(12-15)22-3/h4-13H,1H2,2-3H3. The average molecular weight is 290 g/mol. The Kier molecular flexibility index (Phi) is 3.84. The van der Waals surface area contributed by atoms with E-state index in [-0.39, 0.29) is 0 Å². The minimum atomic E-state index is 0.775. The van der Waals surface area contributed by atoms with E-state index in [1.807, 2.05) is 36.4 Å². The molecule has 2 nitrogen and oxygen atoms in total. The van der Waals surface area contributed by atoms with Gasteiger partial charge in [-0.05, 0) is 39.6 Å². The summed E-state index contributed by atoms with van der Waals surface area (Å²) < 4.78 is 10.7. The summed E-state index contributed by atoms with van der Waals surface area (Å²) in [6.07, 6.45) is 1.91. The Hall–Kier alpha value is -2.74. The summed E-state index contributed by atoms with van der Waals surface area (Å²) in [5.41, 5.74) is 3.29. The van der Waals surface area contributed by atoms with Gasteiger partial charge >= 0.3 is 0 Å². The van der Waals surface area contributed by atoms with E-state index in [4.69, 9.17) is 9.47 Å². The minimum Gasteiger partial charge on any atom is -0.497 e. The first-order valence-corrected chi connectivity index (χ1v) is 7.14. The van der Waals surface area contributed by atoms with Gasteiger partial charge < -0.3 is 9.47 Å². The minimum absolute atomic E-state index is 0.775. The Morgan fingerprint density at radius 3 is 2.18 bits per heavy atom. The maximum absolute atomic E-state index is 5.37. The van der Waals surface area contributed by atoms with Crippen molar-refractivity contribution in [3.63, 3.8) is 0 Å². The Labute approximate surface area is 130 Å². The molecule has 0 spiro atoms. The third kappa shape index (κ3) is 2.44. The Morgan fingerprint density at radius 2 is 1.55 bits per heavy atom. The molecule has 0 saturated carbocycles. The van der Waals surface area contributed by atoms with E-state index >= 15 is 0 Å². The van der Waals surface area contributed by atoms with Gasteiger partial charge in [-0.15, -0.1) is 0 Å². The summed E-state index contributed by atoms with van der Waals surface area (Å²) in [5, 5.41) is 2.40. The van der Waals surface area contributed by atoms with E-state index in [1.54, 1.807) is 14.2 Å². The predicted molar refractivity (Wildman–Crippen MR) is 92.6 cm³/mol. The summed E-state index contributed by atoms with van der Waals surface area (Å²) in [6, 6.07) is 18.5. The number of benzene rings is 3. The molecule has 2 heteroatoms. The fourth-order valence-corrected chi connectivity index (χ4v) is 2.73. The van der Waals surface area contributed by atoms with Gasteiger partial charge in [0.05, 0.1) is 14.2 Å². The van der Waals surface area contributed by atoms with Crippen molar-refractivity contribution in [2.24, 2.45) is 0 Å². The number of hydrogen-bond donors (Lipinski definition) is 0. The number of methoxy groups -OCH3 is 2. The van der Waals surface area contributed by atoms with Crippen LogP contribution in [-0.4, -0.2) is 14.2 Å². The SMILES string of the molecule is C=Cc1c(-c2cc(OC)cc(OC)c2)ccc2ccccc12. The maximum atomic E-state index is 5.37. The van der Waals surface area contributed by atoms with Crippen molar-refractivity contribution < 1.29 is 9.47 Å². The molecule has 22 heavy (non-hydrogen) atoms. The zero-order valence-corrected chi connectivity index (χ0v) is 12.8. The highest BCUT2D eigenvalue weighted by Gasteiger charge is 2.10. The molecular formula is C20H18O2. The van der Waals surface area contributed by atoms with E-state index in [2.05, 4.69) is 30.8 Å². The summed E-state index contributed by atoms with van der Waals surface area (Å²) in [4.78, 5) is 0. The fourth-order valence-electron chi connectivity index (χ4n) is 2.73. The average Bonchev–Trinajstić information content (AvgIpc) is 2.60. The van der Waals surface area contributed by atoms with Crippen LogP contribution >= 0.6 is 0 Å². The van der Waals surface area contributed by atoms with E-state index in [0.29, 0.717) is 0 Å². The second-order valence-corrected chi connectivity index (χ2v) is 5.05. The molecule has 0 aliphatic carbocycles. The van der Waals surface area contributed by atoms with Gasteiger partial charge in [-0.2, -0.15) is 0 Å². The summed E-state index contributed by atoms with van der Waals surface area (Å²) >= 11 is 0. The molecule has 0 aliphatic heterocycles. The van der Waals surface area contributed by atoms with Crippen molar-refractivity contribution in [3.05, 3.63) is 66.7 Å². The number of ether oxygens (including phenoxy) is 2. The molecule has 0 atom stereocenters. The molecule has 0 bridgehead atoms. The zero-order chi connectivity index (χ0) is 15.5. The Morgan fingerprint density at radius 1 is 0.864 bits per heavy atom. The van der Waals surface area contributed by atoms with Crippen molar-refractivity contribution in [2.45, 2.75) is 0 Å². The molecular weight excluding hydrogens is 272 g/mol. The van der Waals surface area contributed by atoms with Crippen molar-refractivity contribution >= 4 is 16.8 Å². The van der Waals surface area contributed by atoms with E-state index in [9.17, 15) is 0 Å². The van der Waals surface area contributed by atoms with Gasteiger partial charge in [-0.1, -0.05) is 49.1 Å². The quantitative estimate of drug-likeness (QED) is 0.660. The molecule has 3 aromatic carbocycles. The highest BCUT2D eigenvalue weighted by atomic mass is 16.5. The number of fused-ring (bicyclic) bond motifs is 1. The van der Waals surface area contributed by atoms with Gasteiger partial charge in [0.2, 0.25) is 0 Å². The van der Waals surface area contributed by atoms with Crippen LogP contribution in [0, 0.1) is 0 Å². The largest absolute Gasteiger partial charge is 0.497 e. The van der Waals surface area contributed by atoms with Crippen LogP contribution in [0.2, 0.25) is 0 Å². The van der Waals surface area contributed by atoms with Gasteiger partial charge in [-0.25, -0.2) is 0 Å². The van der Waals surface area contributed by atoms with Crippen LogP contribution in [-0.2, 0) is 0 Å². The molecule has 0 aliphatic rings. The van der Waals surface area contributed by atoms with Crippen molar-refractivity contribution in [1.82, 2.24) is 0 Å². The second-order valence-electron chi connectivity index (χ2n) is 5.05. The first-order valence-electron chi connectivity index (χ1n) is 7.14. The molecule has 110 valence electrons. The smallest absolute Gasteiger partial charge is 0.123 e. The zero-order valence-electron chi connectivity index (χ0n) is 12.8. The molecule has 0 N–H and O–H groups in total. The molecule has 0 heterocycles. The lowest BCUT2D eigenvalue weighted by atomic mass is 9.94. The third-order valence-electron chi connectivity index (χ3n) is 3.84. The third-order valence-corrected chi connectivity index (χ3v) is 3.84. The monoisotopic (exact) mass is 290 g/mol.